The van der Waals surface area contributed by atoms with Gasteiger partial charge in [0.25, 0.3) is 5.91 Å². The van der Waals surface area contributed by atoms with E-state index < -0.39 is 13.0 Å². The molecule has 2 rings (SSSR count). The SMILES string of the molecule is CC(C)C[C@H](NC(=O)CNC(=O)c1ccc(Cl)cc1Cl)B1OCCN(C)CCO1. The maximum atomic E-state index is 12.5. The van der Waals surface area contributed by atoms with Gasteiger partial charge in [-0.1, -0.05) is 37.0 Å². The molecule has 1 heterocycles. The summed E-state index contributed by atoms with van der Waals surface area (Å²) in [6.07, 6.45) is 0.698. The quantitative estimate of drug-likeness (QED) is 0.631. The van der Waals surface area contributed by atoms with Crippen LogP contribution in [0.5, 0.6) is 0 Å². The van der Waals surface area contributed by atoms with Gasteiger partial charge in [-0.3, -0.25) is 9.59 Å². The van der Waals surface area contributed by atoms with E-state index in [2.05, 4.69) is 29.4 Å². The second kappa shape index (κ2) is 11.8. The van der Waals surface area contributed by atoms with Crippen LogP contribution >= 0.6 is 23.2 Å². The molecule has 1 aliphatic rings. The Morgan fingerprint density at radius 1 is 1.21 bits per heavy atom. The molecule has 7 nitrogen and oxygen atoms in total. The number of nitrogens with one attached hydrogen (secondary N) is 2. The number of halogens is 2. The first-order chi connectivity index (χ1) is 13.8. The van der Waals surface area contributed by atoms with Crippen molar-refractivity contribution in [2.24, 2.45) is 5.92 Å². The summed E-state index contributed by atoms with van der Waals surface area (Å²) >= 11 is 11.9. The van der Waals surface area contributed by atoms with E-state index >= 15 is 0 Å². The lowest BCUT2D eigenvalue weighted by Crippen LogP contribution is -2.54. The number of rotatable bonds is 7. The standard InChI is InChI=1S/C19H28BCl2N3O4/c1-13(2)10-17(20-28-8-6-25(3)7-9-29-20)24-18(26)12-23-19(27)15-5-4-14(21)11-16(15)22/h4-5,11,13,17H,6-10,12H2,1-3H3,(H,23,27)(H,24,26)/t17-/m0/s1. The number of nitrogens with zero attached hydrogens (tertiary/aromatic N) is 1. The van der Waals surface area contributed by atoms with Crippen LogP contribution in [0.15, 0.2) is 18.2 Å². The molecule has 0 spiro atoms. The van der Waals surface area contributed by atoms with Gasteiger partial charge in [0.1, 0.15) is 0 Å². The van der Waals surface area contributed by atoms with Crippen LogP contribution in [0.4, 0.5) is 0 Å². The highest BCUT2D eigenvalue weighted by molar-refractivity contribution is 6.47. The topological polar surface area (TPSA) is 79.9 Å². The van der Waals surface area contributed by atoms with E-state index in [0.29, 0.717) is 30.6 Å². The number of carbonyl (C=O) groups is 2. The molecular weight excluding hydrogens is 416 g/mol. The molecule has 2 amide bonds. The van der Waals surface area contributed by atoms with Crippen molar-refractivity contribution < 1.29 is 18.9 Å². The molecule has 0 aromatic heterocycles. The molecule has 160 valence electrons. The van der Waals surface area contributed by atoms with E-state index in [0.717, 1.165) is 13.1 Å². The molecule has 1 saturated heterocycles. The van der Waals surface area contributed by atoms with E-state index in [1.807, 2.05) is 7.05 Å². The molecule has 1 atom stereocenters. The van der Waals surface area contributed by atoms with Gasteiger partial charge in [0, 0.05) is 31.3 Å². The molecule has 0 aliphatic carbocycles. The highest BCUT2D eigenvalue weighted by Crippen LogP contribution is 2.20. The Balaban J connectivity index is 1.92. The highest BCUT2D eigenvalue weighted by Gasteiger charge is 2.33. The van der Waals surface area contributed by atoms with Gasteiger partial charge in [-0.2, -0.15) is 0 Å². The molecule has 1 aromatic carbocycles. The van der Waals surface area contributed by atoms with Gasteiger partial charge >= 0.3 is 7.12 Å². The van der Waals surface area contributed by atoms with Crippen LogP contribution in [-0.4, -0.2) is 69.7 Å². The first-order valence-electron chi connectivity index (χ1n) is 9.70. The van der Waals surface area contributed by atoms with Crippen LogP contribution in [0.25, 0.3) is 0 Å². The summed E-state index contributed by atoms with van der Waals surface area (Å²) < 4.78 is 11.7. The van der Waals surface area contributed by atoms with E-state index in [1.54, 1.807) is 6.07 Å². The fourth-order valence-corrected chi connectivity index (χ4v) is 3.47. The molecule has 2 N–H and O–H groups in total. The van der Waals surface area contributed by atoms with Gasteiger partial charge in [-0.25, -0.2) is 0 Å². The van der Waals surface area contributed by atoms with Crippen molar-refractivity contribution in [3.05, 3.63) is 33.8 Å². The number of carbonyl (C=O) groups excluding carboxylic acids is 2. The minimum atomic E-state index is -0.517. The summed E-state index contributed by atoms with van der Waals surface area (Å²) in [7, 11) is 1.49. The van der Waals surface area contributed by atoms with Crippen molar-refractivity contribution in [2.45, 2.75) is 26.2 Å². The van der Waals surface area contributed by atoms with Crippen LogP contribution < -0.4 is 10.6 Å². The molecule has 0 radical (unpaired) electrons. The third kappa shape index (κ3) is 8.14. The van der Waals surface area contributed by atoms with E-state index in [4.69, 9.17) is 32.5 Å². The highest BCUT2D eigenvalue weighted by atomic mass is 35.5. The summed E-state index contributed by atoms with van der Waals surface area (Å²) in [5.41, 5.74) is 0.262. The van der Waals surface area contributed by atoms with Crippen molar-refractivity contribution in [1.29, 1.82) is 0 Å². The third-order valence-corrected chi connectivity index (χ3v) is 5.04. The summed E-state index contributed by atoms with van der Waals surface area (Å²) in [5.74, 6) is -0.728. The van der Waals surface area contributed by atoms with Crippen LogP contribution in [0.3, 0.4) is 0 Å². The molecule has 1 aliphatic heterocycles. The Hall–Kier alpha value is -1.32. The van der Waals surface area contributed by atoms with Crippen molar-refractivity contribution in [2.75, 3.05) is 39.9 Å². The number of likely N-dealkylation sites (N-methyl/N-ethyl adjacent to an activating group) is 1. The van der Waals surface area contributed by atoms with Gasteiger partial charge in [-0.15, -0.1) is 0 Å². The van der Waals surface area contributed by atoms with Crippen molar-refractivity contribution in [3.8, 4) is 0 Å². The smallest absolute Gasteiger partial charge is 0.408 e. The number of amides is 2. The van der Waals surface area contributed by atoms with Crippen LogP contribution in [0.2, 0.25) is 10.0 Å². The minimum absolute atomic E-state index is 0.179. The molecule has 0 unspecified atom stereocenters. The Kier molecular flexibility index (Phi) is 9.72. The van der Waals surface area contributed by atoms with Gasteiger partial charge in [0.15, 0.2) is 0 Å². The Labute approximate surface area is 182 Å². The van der Waals surface area contributed by atoms with Gasteiger partial charge in [0.2, 0.25) is 5.91 Å². The second-order valence-electron chi connectivity index (χ2n) is 7.52. The van der Waals surface area contributed by atoms with Crippen molar-refractivity contribution >= 4 is 42.1 Å². The summed E-state index contributed by atoms with van der Waals surface area (Å²) in [6.45, 7) is 6.62. The fourth-order valence-electron chi connectivity index (χ4n) is 2.97. The van der Waals surface area contributed by atoms with Crippen molar-refractivity contribution in [3.63, 3.8) is 0 Å². The maximum absolute atomic E-state index is 12.5. The predicted octanol–water partition coefficient (Wildman–Crippen LogP) is 2.26. The molecular formula is C19H28BCl2N3O4. The Bertz CT molecular complexity index is 698. The monoisotopic (exact) mass is 443 g/mol. The van der Waals surface area contributed by atoms with Crippen molar-refractivity contribution in [1.82, 2.24) is 15.5 Å². The van der Waals surface area contributed by atoms with Crippen LogP contribution in [-0.2, 0) is 14.1 Å². The van der Waals surface area contributed by atoms with Crippen LogP contribution in [0.1, 0.15) is 30.6 Å². The summed E-state index contributed by atoms with van der Waals surface area (Å²) in [5, 5.41) is 6.19. The normalized spacial score (nSPS) is 16.8. The largest absolute Gasteiger partial charge is 0.480 e. The molecule has 0 saturated carbocycles. The zero-order valence-corrected chi connectivity index (χ0v) is 18.6. The Morgan fingerprint density at radius 3 is 2.45 bits per heavy atom. The number of hydrogen-bond acceptors (Lipinski definition) is 5. The molecule has 29 heavy (non-hydrogen) atoms. The average Bonchev–Trinajstić information content (AvgIpc) is 2.61. The minimum Gasteiger partial charge on any atom is -0.408 e. The van der Waals surface area contributed by atoms with Gasteiger partial charge < -0.3 is 24.8 Å². The summed E-state index contributed by atoms with van der Waals surface area (Å²) in [4.78, 5) is 26.9. The third-order valence-electron chi connectivity index (χ3n) is 4.50. The van der Waals surface area contributed by atoms with E-state index in [9.17, 15) is 9.59 Å². The zero-order chi connectivity index (χ0) is 21.4. The Morgan fingerprint density at radius 2 is 1.86 bits per heavy atom. The van der Waals surface area contributed by atoms with Gasteiger partial charge in [-0.05, 0) is 37.6 Å². The average molecular weight is 444 g/mol. The first kappa shape index (κ1) is 24.0. The summed E-state index contributed by atoms with van der Waals surface area (Å²) in [6, 6.07) is 4.58. The van der Waals surface area contributed by atoms with Crippen LogP contribution in [0, 0.1) is 5.92 Å². The predicted molar refractivity (Wildman–Crippen MR) is 115 cm³/mol. The fraction of sp³-hybridized carbons (Fsp3) is 0.579. The number of hydrogen-bond donors (Lipinski definition) is 2. The van der Waals surface area contributed by atoms with E-state index in [-0.39, 0.29) is 29.0 Å². The molecule has 1 fully saturated rings. The number of benzene rings is 1. The van der Waals surface area contributed by atoms with E-state index in [1.165, 1.54) is 12.1 Å². The zero-order valence-electron chi connectivity index (χ0n) is 17.0. The lowest BCUT2D eigenvalue weighted by Gasteiger charge is -2.29. The molecule has 1 aromatic rings. The second-order valence-corrected chi connectivity index (χ2v) is 8.37. The lowest BCUT2D eigenvalue weighted by atomic mass is 9.73. The lowest BCUT2D eigenvalue weighted by molar-refractivity contribution is -0.120. The first-order valence-corrected chi connectivity index (χ1v) is 10.5. The maximum Gasteiger partial charge on any atom is 0.480 e. The van der Waals surface area contributed by atoms with Gasteiger partial charge in [0.05, 0.1) is 23.1 Å². The molecule has 0 bridgehead atoms. The molecule has 10 heteroatoms.